The number of thiophene rings is 1. The first kappa shape index (κ1) is 22.3. The molecule has 1 aromatic carbocycles. The molecule has 0 aliphatic heterocycles. The van der Waals surface area contributed by atoms with Crippen molar-refractivity contribution in [2.45, 2.75) is 52.5 Å². The van der Waals surface area contributed by atoms with Crippen LogP contribution < -0.4 is 10.9 Å². The number of benzene rings is 1. The molecule has 3 aromatic heterocycles. The summed E-state index contributed by atoms with van der Waals surface area (Å²) in [6, 6.07) is 8.08. The lowest BCUT2D eigenvalue weighted by molar-refractivity contribution is -0.116. The molecule has 0 bridgehead atoms. The minimum Gasteiger partial charge on any atom is -0.300 e. The van der Waals surface area contributed by atoms with Gasteiger partial charge in [0, 0.05) is 29.8 Å². The van der Waals surface area contributed by atoms with E-state index >= 15 is 0 Å². The third-order valence-corrected chi connectivity index (χ3v) is 7.41. The normalized spacial score (nSPS) is 11.4. The minimum absolute atomic E-state index is 0.133. The lowest BCUT2D eigenvalue weighted by Gasteiger charge is -2.07. The Morgan fingerprint density at radius 1 is 1.16 bits per heavy atom. The summed E-state index contributed by atoms with van der Waals surface area (Å²) in [5, 5.41) is 15.1. The van der Waals surface area contributed by atoms with E-state index in [1.54, 1.807) is 0 Å². The highest BCUT2D eigenvalue weighted by atomic mass is 32.1. The molecule has 3 heterocycles. The Hall–Kier alpha value is -2.91. The van der Waals surface area contributed by atoms with Gasteiger partial charge in [-0.3, -0.25) is 14.2 Å². The van der Waals surface area contributed by atoms with Gasteiger partial charge in [-0.15, -0.1) is 21.5 Å². The van der Waals surface area contributed by atoms with E-state index < -0.39 is 0 Å². The summed E-state index contributed by atoms with van der Waals surface area (Å²) >= 11 is 2.87. The molecule has 4 rings (SSSR count). The molecule has 0 fully saturated rings. The number of carbonyl (C=O) groups excluding carboxylic acids is 1. The van der Waals surface area contributed by atoms with Gasteiger partial charge < -0.3 is 5.32 Å². The Bertz CT molecular complexity index is 1290. The minimum atomic E-state index is -0.201. The van der Waals surface area contributed by atoms with Crippen LogP contribution in [-0.2, 0) is 11.3 Å². The maximum atomic E-state index is 13.1. The second-order valence-corrected chi connectivity index (χ2v) is 9.56. The smallest absolute Gasteiger partial charge is 0.262 e. The second kappa shape index (κ2) is 9.70. The van der Waals surface area contributed by atoms with Gasteiger partial charge in [0.15, 0.2) is 0 Å². The first-order valence-electron chi connectivity index (χ1n) is 10.7. The molecule has 166 valence electrons. The number of hydrogen-bond acceptors (Lipinski definition) is 7. The van der Waals surface area contributed by atoms with E-state index in [2.05, 4.69) is 34.3 Å². The number of nitrogens with zero attached hydrogens (tertiary/aromatic N) is 4. The summed E-state index contributed by atoms with van der Waals surface area (Å²) in [7, 11) is 0. The van der Waals surface area contributed by atoms with Gasteiger partial charge in [-0.2, -0.15) is 0 Å². The van der Waals surface area contributed by atoms with Gasteiger partial charge >= 0.3 is 0 Å². The van der Waals surface area contributed by atoms with Crippen molar-refractivity contribution in [2.24, 2.45) is 0 Å². The van der Waals surface area contributed by atoms with Gasteiger partial charge in [-0.25, -0.2) is 4.98 Å². The Balaban J connectivity index is 1.48. The monoisotopic (exact) mass is 467 g/mol. The summed E-state index contributed by atoms with van der Waals surface area (Å²) in [5.41, 5.74) is 2.90. The van der Waals surface area contributed by atoms with Gasteiger partial charge in [-0.05, 0) is 25.3 Å². The Morgan fingerprint density at radius 2 is 1.91 bits per heavy atom. The number of anilines is 1. The average Bonchev–Trinajstić information content (AvgIpc) is 3.42. The fourth-order valence-corrected chi connectivity index (χ4v) is 5.50. The van der Waals surface area contributed by atoms with Crippen LogP contribution in [-0.4, -0.2) is 25.7 Å². The molecule has 9 heteroatoms. The summed E-state index contributed by atoms with van der Waals surface area (Å²) in [6.45, 7) is 6.51. The molecule has 7 nitrogen and oxygen atoms in total. The summed E-state index contributed by atoms with van der Waals surface area (Å²) in [5.74, 6) is 0.163. The number of aromatic nitrogens is 4. The topological polar surface area (TPSA) is 89.8 Å². The van der Waals surface area contributed by atoms with E-state index in [1.807, 2.05) is 36.6 Å². The van der Waals surface area contributed by atoms with Gasteiger partial charge in [0.2, 0.25) is 11.0 Å². The fraction of sp³-hybridized carbons (Fsp3) is 0.348. The molecule has 0 radical (unpaired) electrons. The Kier molecular flexibility index (Phi) is 6.76. The molecule has 0 aliphatic carbocycles. The number of nitrogens with one attached hydrogen (secondary N) is 1. The van der Waals surface area contributed by atoms with Crippen molar-refractivity contribution < 1.29 is 4.79 Å². The van der Waals surface area contributed by atoms with Crippen molar-refractivity contribution in [1.29, 1.82) is 0 Å². The highest BCUT2D eigenvalue weighted by Crippen LogP contribution is 2.31. The van der Waals surface area contributed by atoms with E-state index in [0.717, 1.165) is 34.5 Å². The van der Waals surface area contributed by atoms with Crippen molar-refractivity contribution in [3.8, 4) is 11.1 Å². The maximum absolute atomic E-state index is 13.1. The van der Waals surface area contributed by atoms with Crippen molar-refractivity contribution in [3.05, 3.63) is 56.9 Å². The van der Waals surface area contributed by atoms with Crippen LogP contribution in [0.15, 0.2) is 40.8 Å². The fourth-order valence-electron chi connectivity index (χ4n) is 3.56. The van der Waals surface area contributed by atoms with Gasteiger partial charge in [0.1, 0.15) is 9.84 Å². The maximum Gasteiger partial charge on any atom is 0.262 e. The van der Waals surface area contributed by atoms with Gasteiger partial charge in [0.05, 0.1) is 11.7 Å². The van der Waals surface area contributed by atoms with Gasteiger partial charge in [0.25, 0.3) is 5.56 Å². The first-order chi connectivity index (χ1) is 15.5. The highest BCUT2D eigenvalue weighted by Gasteiger charge is 2.16. The average molecular weight is 468 g/mol. The quantitative estimate of drug-likeness (QED) is 0.384. The van der Waals surface area contributed by atoms with Crippen LogP contribution in [0.3, 0.4) is 0 Å². The molecule has 4 aromatic rings. The van der Waals surface area contributed by atoms with Gasteiger partial charge in [-0.1, -0.05) is 55.0 Å². The van der Waals surface area contributed by atoms with Crippen molar-refractivity contribution >= 4 is 43.9 Å². The second-order valence-electron chi connectivity index (χ2n) is 7.70. The lowest BCUT2D eigenvalue weighted by Crippen LogP contribution is -2.23. The standard InChI is InChI=1S/C23H25N5O2S2/c1-4-15(5-2)20-26-27-23(32-20)25-18(29)10-11-28-13-24-21-19(22(28)30)17(12-31-21)16-8-6-14(3)7-9-16/h6-9,12-13,15H,4-5,10-11H2,1-3H3,(H,25,27,29). The highest BCUT2D eigenvalue weighted by molar-refractivity contribution is 7.17. The molecule has 1 N–H and O–H groups in total. The van der Waals surface area contributed by atoms with Crippen LogP contribution in [0.2, 0.25) is 0 Å². The number of hydrogen-bond donors (Lipinski definition) is 1. The van der Waals surface area contributed by atoms with Crippen LogP contribution >= 0.6 is 22.7 Å². The molecule has 0 unspecified atom stereocenters. The molecule has 32 heavy (non-hydrogen) atoms. The van der Waals surface area contributed by atoms with E-state index in [0.29, 0.717) is 21.3 Å². The van der Waals surface area contributed by atoms with Crippen LogP contribution in [0.1, 0.15) is 49.6 Å². The van der Waals surface area contributed by atoms with Crippen LogP contribution in [0.4, 0.5) is 5.13 Å². The van der Waals surface area contributed by atoms with E-state index in [1.165, 1.54) is 33.6 Å². The molecule has 1 amide bonds. The number of rotatable bonds is 8. The Labute approximate surface area is 194 Å². The largest absolute Gasteiger partial charge is 0.300 e. The molecule has 0 saturated heterocycles. The van der Waals surface area contributed by atoms with Crippen molar-refractivity contribution in [1.82, 2.24) is 19.7 Å². The lowest BCUT2D eigenvalue weighted by atomic mass is 10.1. The molecule has 0 aliphatic rings. The van der Waals surface area contributed by atoms with E-state index in [9.17, 15) is 9.59 Å². The predicted molar refractivity (Wildman–Crippen MR) is 131 cm³/mol. The summed E-state index contributed by atoms with van der Waals surface area (Å²) < 4.78 is 1.50. The zero-order valence-corrected chi connectivity index (χ0v) is 19.9. The Morgan fingerprint density at radius 3 is 2.62 bits per heavy atom. The van der Waals surface area contributed by atoms with Crippen molar-refractivity contribution in [2.75, 3.05) is 5.32 Å². The van der Waals surface area contributed by atoms with Crippen LogP contribution in [0.5, 0.6) is 0 Å². The zero-order chi connectivity index (χ0) is 22.7. The number of amides is 1. The first-order valence-corrected chi connectivity index (χ1v) is 12.4. The summed E-state index contributed by atoms with van der Waals surface area (Å²) in [4.78, 5) is 30.7. The van der Waals surface area contributed by atoms with Crippen LogP contribution in [0.25, 0.3) is 21.3 Å². The summed E-state index contributed by atoms with van der Waals surface area (Å²) in [6.07, 6.45) is 3.65. The number of aryl methyl sites for hydroxylation is 2. The molecular weight excluding hydrogens is 442 g/mol. The predicted octanol–water partition coefficient (Wildman–Crippen LogP) is 5.22. The molecule has 0 atom stereocenters. The third-order valence-electron chi connectivity index (χ3n) is 5.52. The van der Waals surface area contributed by atoms with Crippen molar-refractivity contribution in [3.63, 3.8) is 0 Å². The zero-order valence-electron chi connectivity index (χ0n) is 18.3. The number of carbonyl (C=O) groups is 1. The number of fused-ring (bicyclic) bond motifs is 1. The molecular formula is C23H25N5O2S2. The SMILES string of the molecule is CCC(CC)c1nnc(NC(=O)CCn2cnc3scc(-c4ccc(C)cc4)c3c2=O)s1. The molecule has 0 spiro atoms. The third kappa shape index (κ3) is 4.63. The van der Waals surface area contributed by atoms with E-state index in [4.69, 9.17) is 0 Å². The van der Waals surface area contributed by atoms with E-state index in [-0.39, 0.29) is 24.4 Å². The molecule has 0 saturated carbocycles. The van der Waals surface area contributed by atoms with Crippen LogP contribution in [0, 0.1) is 6.92 Å².